The largest absolute Gasteiger partial charge is 0.324 e. The number of nitrogens with zero attached hydrogens (tertiary/aromatic N) is 4. The lowest BCUT2D eigenvalue weighted by Gasteiger charge is -2.06. The van der Waals surface area contributed by atoms with Crippen LogP contribution < -0.4 is 10.2 Å². The van der Waals surface area contributed by atoms with Gasteiger partial charge in [-0.3, -0.25) is 4.79 Å². The summed E-state index contributed by atoms with van der Waals surface area (Å²) in [4.78, 5) is 31.7. The van der Waals surface area contributed by atoms with E-state index in [1.54, 1.807) is 48.1 Å². The molecule has 2 heterocycles. The molecule has 116 valence electrons. The zero-order valence-corrected chi connectivity index (χ0v) is 13.3. The average molecular weight is 327 g/mol. The van der Waals surface area contributed by atoms with Gasteiger partial charge in [-0.25, -0.2) is 9.97 Å². The molecule has 0 bridgehead atoms. The van der Waals surface area contributed by atoms with E-state index in [1.807, 2.05) is 6.92 Å². The smallest absolute Gasteiger partial charge is 0.307 e. The van der Waals surface area contributed by atoms with E-state index in [1.165, 1.54) is 0 Å². The van der Waals surface area contributed by atoms with Gasteiger partial charge in [0.2, 0.25) is 5.95 Å². The minimum Gasteiger partial charge on any atom is -0.324 e. The summed E-state index contributed by atoms with van der Waals surface area (Å²) in [5.41, 5.74) is 2.52. The van der Waals surface area contributed by atoms with Gasteiger partial charge in [0.25, 0.3) is 0 Å². The lowest BCUT2D eigenvalue weighted by atomic mass is 10.3. The fourth-order valence-corrected chi connectivity index (χ4v) is 3.02. The van der Waals surface area contributed by atoms with Gasteiger partial charge in [0.1, 0.15) is 5.69 Å². The van der Waals surface area contributed by atoms with Gasteiger partial charge in [0.05, 0.1) is 10.6 Å². The van der Waals surface area contributed by atoms with Crippen molar-refractivity contribution in [2.45, 2.75) is 6.92 Å². The first-order valence-electron chi connectivity index (χ1n) is 6.79. The molecule has 2 aromatic heterocycles. The molecule has 0 aliphatic rings. The number of aromatic nitrogens is 3. The van der Waals surface area contributed by atoms with E-state index in [-0.39, 0.29) is 4.87 Å². The Kier molecular flexibility index (Phi) is 3.98. The van der Waals surface area contributed by atoms with Crippen LogP contribution in [0.3, 0.4) is 0 Å². The number of nitrogens with one attached hydrogen (secondary N) is 1. The summed E-state index contributed by atoms with van der Waals surface area (Å²) in [7, 11) is 1.73. The Morgan fingerprint density at radius 1 is 1.30 bits per heavy atom. The summed E-state index contributed by atoms with van der Waals surface area (Å²) >= 11 is 1.15. The summed E-state index contributed by atoms with van der Waals surface area (Å²) in [6.07, 6.45) is 1.62. The Labute approximate surface area is 135 Å². The summed E-state index contributed by atoms with van der Waals surface area (Å²) in [5, 5.41) is 5.92. The first-order chi connectivity index (χ1) is 11.1. The Balaban J connectivity index is 1.95. The monoisotopic (exact) mass is 327 g/mol. The highest BCUT2D eigenvalue weighted by molar-refractivity contribution is 7.13. The van der Waals surface area contributed by atoms with Crippen molar-refractivity contribution in [1.82, 2.24) is 14.5 Å². The highest BCUT2D eigenvalue weighted by Crippen LogP contribution is 2.26. The normalized spacial score (nSPS) is 10.5. The van der Waals surface area contributed by atoms with Crippen molar-refractivity contribution in [2.24, 2.45) is 12.2 Å². The molecular formula is C15H13N5O2S. The van der Waals surface area contributed by atoms with Gasteiger partial charge in [0, 0.05) is 24.6 Å². The van der Waals surface area contributed by atoms with Crippen LogP contribution >= 0.6 is 11.3 Å². The molecule has 1 N–H and O–H groups in total. The minimum absolute atomic E-state index is 0.0321. The Morgan fingerprint density at radius 3 is 2.83 bits per heavy atom. The molecule has 23 heavy (non-hydrogen) atoms. The fourth-order valence-electron chi connectivity index (χ4n) is 2.07. The van der Waals surface area contributed by atoms with Crippen LogP contribution in [-0.2, 0) is 7.05 Å². The van der Waals surface area contributed by atoms with E-state index in [9.17, 15) is 9.70 Å². The first kappa shape index (κ1) is 15.0. The van der Waals surface area contributed by atoms with Crippen molar-refractivity contribution in [1.29, 1.82) is 0 Å². The third kappa shape index (κ3) is 3.02. The lowest BCUT2D eigenvalue weighted by Crippen LogP contribution is -2.08. The first-order valence-corrected chi connectivity index (χ1v) is 7.60. The van der Waals surface area contributed by atoms with Crippen LogP contribution in [0.1, 0.15) is 5.69 Å². The van der Waals surface area contributed by atoms with Crippen LogP contribution in [0.15, 0.2) is 46.5 Å². The minimum atomic E-state index is -0.0321. The van der Waals surface area contributed by atoms with Gasteiger partial charge in [-0.2, -0.15) is 0 Å². The highest BCUT2D eigenvalue weighted by atomic mass is 32.1. The molecule has 0 unspecified atom stereocenters. The maximum Gasteiger partial charge on any atom is 0.307 e. The molecule has 0 atom stereocenters. The average Bonchev–Trinajstić information content (AvgIpc) is 2.83. The molecule has 0 aliphatic heterocycles. The predicted octanol–water partition coefficient (Wildman–Crippen LogP) is 3.35. The number of nitroso groups, excluding NO2 is 1. The number of anilines is 2. The van der Waals surface area contributed by atoms with Crippen LogP contribution in [0.2, 0.25) is 0 Å². The molecule has 8 heteroatoms. The molecule has 0 saturated carbocycles. The molecule has 0 aliphatic carbocycles. The van der Waals surface area contributed by atoms with E-state index in [2.05, 4.69) is 20.5 Å². The van der Waals surface area contributed by atoms with Gasteiger partial charge < -0.3 is 9.88 Å². The molecule has 0 spiro atoms. The number of benzene rings is 1. The second kappa shape index (κ2) is 6.09. The van der Waals surface area contributed by atoms with Gasteiger partial charge in [-0.1, -0.05) is 17.4 Å². The van der Waals surface area contributed by atoms with E-state index in [0.717, 1.165) is 21.9 Å². The van der Waals surface area contributed by atoms with E-state index in [0.29, 0.717) is 23.0 Å². The van der Waals surface area contributed by atoms with Crippen molar-refractivity contribution in [3.05, 3.63) is 56.8 Å². The number of hydrogen-bond acceptors (Lipinski definition) is 7. The zero-order valence-electron chi connectivity index (χ0n) is 12.5. The molecule has 0 radical (unpaired) electrons. The Bertz CT molecular complexity index is 932. The molecule has 3 aromatic rings. The third-order valence-corrected chi connectivity index (χ3v) is 4.55. The molecule has 0 saturated heterocycles. The highest BCUT2D eigenvalue weighted by Gasteiger charge is 2.12. The van der Waals surface area contributed by atoms with Crippen molar-refractivity contribution in [3.63, 3.8) is 0 Å². The maximum atomic E-state index is 11.8. The van der Waals surface area contributed by atoms with Gasteiger partial charge in [-0.05, 0) is 36.4 Å². The Morgan fingerprint density at radius 2 is 2.13 bits per heavy atom. The Hall–Kier alpha value is -2.87. The molecule has 7 nitrogen and oxygen atoms in total. The van der Waals surface area contributed by atoms with Crippen molar-refractivity contribution >= 4 is 28.7 Å². The van der Waals surface area contributed by atoms with Crippen molar-refractivity contribution < 1.29 is 0 Å². The van der Waals surface area contributed by atoms with Crippen LogP contribution in [0.25, 0.3) is 10.6 Å². The second-order valence-corrected chi connectivity index (χ2v) is 5.84. The molecule has 0 amide bonds. The van der Waals surface area contributed by atoms with Gasteiger partial charge in [0.15, 0.2) is 0 Å². The van der Waals surface area contributed by atoms with Crippen LogP contribution in [0.5, 0.6) is 0 Å². The molecular weight excluding hydrogens is 314 g/mol. The number of thiazole rings is 1. The van der Waals surface area contributed by atoms with Crippen LogP contribution in [0, 0.1) is 11.8 Å². The van der Waals surface area contributed by atoms with Gasteiger partial charge >= 0.3 is 4.87 Å². The molecule has 3 rings (SSSR count). The summed E-state index contributed by atoms with van der Waals surface area (Å²) in [5.74, 6) is 0.383. The van der Waals surface area contributed by atoms with Crippen LogP contribution in [-0.4, -0.2) is 14.5 Å². The van der Waals surface area contributed by atoms with E-state index >= 15 is 0 Å². The second-order valence-electron chi connectivity index (χ2n) is 4.87. The lowest BCUT2D eigenvalue weighted by molar-refractivity contribution is 0.854. The molecule has 0 fully saturated rings. The summed E-state index contributed by atoms with van der Waals surface area (Å²) in [6, 6.07) is 8.48. The topological polar surface area (TPSA) is 89.2 Å². The molecule has 1 aromatic carbocycles. The van der Waals surface area contributed by atoms with E-state index < -0.39 is 0 Å². The summed E-state index contributed by atoms with van der Waals surface area (Å²) < 4.78 is 1.59. The zero-order chi connectivity index (χ0) is 16.4. The van der Waals surface area contributed by atoms with Gasteiger partial charge in [-0.15, -0.1) is 4.91 Å². The summed E-state index contributed by atoms with van der Waals surface area (Å²) in [6.45, 7) is 1.88. The fraction of sp³-hybridized carbons (Fsp3) is 0.133. The quantitative estimate of drug-likeness (QED) is 0.742. The SMILES string of the molecule is Cc1c(-c2ccnc(Nc3cccc(N=O)c3)n2)sc(=O)n1C. The third-order valence-electron chi connectivity index (χ3n) is 3.39. The maximum absolute atomic E-state index is 11.8. The number of rotatable bonds is 4. The van der Waals surface area contributed by atoms with E-state index in [4.69, 9.17) is 0 Å². The number of hydrogen-bond donors (Lipinski definition) is 1. The standard InChI is InChI=1S/C15H13N5O2S/c1-9-13(23-15(21)20(9)2)12-6-7-16-14(18-12)17-10-4-3-5-11(8-10)19-22/h3-8H,1-2H3,(H,16,17,18). The van der Waals surface area contributed by atoms with Crippen molar-refractivity contribution in [2.75, 3.05) is 5.32 Å². The predicted molar refractivity (Wildman–Crippen MR) is 90.5 cm³/mol. The van der Waals surface area contributed by atoms with Crippen molar-refractivity contribution in [3.8, 4) is 10.6 Å². The van der Waals surface area contributed by atoms with Crippen LogP contribution in [0.4, 0.5) is 17.3 Å².